The third kappa shape index (κ3) is 8.35. The molecule has 3 heterocycles. The normalized spacial score (nSPS) is 14.6. The number of nitrogens with one attached hydrogen (secondary N) is 1. The van der Waals surface area contributed by atoms with Crippen molar-refractivity contribution in [2.24, 2.45) is 0 Å². The van der Waals surface area contributed by atoms with E-state index >= 15 is 0 Å². The van der Waals surface area contributed by atoms with Crippen LogP contribution in [-0.4, -0.2) is 72.5 Å². The maximum atomic E-state index is 12.8. The predicted octanol–water partition coefficient (Wildman–Crippen LogP) is 1.95. The number of amides is 2. The fourth-order valence-corrected chi connectivity index (χ4v) is 3.36. The topological polar surface area (TPSA) is 87.9 Å². The molecule has 2 aromatic rings. The quantitative estimate of drug-likeness (QED) is 0.553. The number of furan rings is 1. The molecule has 2 aromatic heterocycles. The van der Waals surface area contributed by atoms with Gasteiger partial charge in [-0.25, -0.2) is 0 Å². The fourth-order valence-electron chi connectivity index (χ4n) is 3.36. The molecular weight excluding hydrogens is 396 g/mol. The number of aromatic nitrogens is 1. The van der Waals surface area contributed by atoms with Gasteiger partial charge in [0, 0.05) is 64.2 Å². The van der Waals surface area contributed by atoms with Crippen LogP contribution in [0.25, 0.3) is 6.08 Å². The van der Waals surface area contributed by atoms with Crippen molar-refractivity contribution in [1.82, 2.24) is 20.1 Å². The molecule has 0 aliphatic carbocycles. The van der Waals surface area contributed by atoms with E-state index in [4.69, 9.17) is 9.15 Å². The summed E-state index contributed by atoms with van der Waals surface area (Å²) in [6, 6.07) is 7.36. The molecule has 1 aliphatic rings. The molecular formula is C23H30N4O4. The Bertz CT molecular complexity index is 817. The van der Waals surface area contributed by atoms with E-state index in [0.717, 1.165) is 44.8 Å². The van der Waals surface area contributed by atoms with Crippen LogP contribution in [-0.2, 0) is 20.9 Å². The summed E-state index contributed by atoms with van der Waals surface area (Å²) >= 11 is 0. The number of hydrogen-bond acceptors (Lipinski definition) is 6. The van der Waals surface area contributed by atoms with E-state index in [0.29, 0.717) is 18.8 Å². The molecule has 0 saturated carbocycles. The summed E-state index contributed by atoms with van der Waals surface area (Å²) < 4.78 is 10.5. The summed E-state index contributed by atoms with van der Waals surface area (Å²) in [5, 5.41) is 2.76. The Morgan fingerprint density at radius 2 is 2.00 bits per heavy atom. The largest absolute Gasteiger partial charge is 0.465 e. The predicted molar refractivity (Wildman–Crippen MR) is 117 cm³/mol. The van der Waals surface area contributed by atoms with Crippen LogP contribution >= 0.6 is 0 Å². The van der Waals surface area contributed by atoms with Crippen molar-refractivity contribution in [3.63, 3.8) is 0 Å². The van der Waals surface area contributed by atoms with Crippen molar-refractivity contribution in [2.75, 3.05) is 45.9 Å². The summed E-state index contributed by atoms with van der Waals surface area (Å²) in [6.07, 6.45) is 9.16. The zero-order chi connectivity index (χ0) is 21.7. The highest BCUT2D eigenvalue weighted by Gasteiger charge is 2.16. The van der Waals surface area contributed by atoms with E-state index in [1.165, 1.54) is 6.08 Å². The van der Waals surface area contributed by atoms with E-state index < -0.39 is 0 Å². The maximum Gasteiger partial charge on any atom is 0.244 e. The van der Waals surface area contributed by atoms with Gasteiger partial charge in [-0.3, -0.25) is 19.5 Å². The zero-order valence-electron chi connectivity index (χ0n) is 17.7. The molecule has 1 aliphatic heterocycles. The number of ether oxygens (including phenoxy) is 1. The highest BCUT2D eigenvalue weighted by molar-refractivity contribution is 5.91. The van der Waals surface area contributed by atoms with Gasteiger partial charge in [0.1, 0.15) is 5.76 Å². The van der Waals surface area contributed by atoms with Crippen LogP contribution in [0.2, 0.25) is 0 Å². The van der Waals surface area contributed by atoms with E-state index in [2.05, 4.69) is 15.2 Å². The first kappa shape index (κ1) is 22.7. The maximum absolute atomic E-state index is 12.8. The number of pyridine rings is 1. The van der Waals surface area contributed by atoms with Gasteiger partial charge in [0.15, 0.2) is 0 Å². The van der Waals surface area contributed by atoms with Gasteiger partial charge in [0.2, 0.25) is 11.8 Å². The van der Waals surface area contributed by atoms with Gasteiger partial charge in [-0.05, 0) is 42.3 Å². The number of rotatable bonds is 11. The van der Waals surface area contributed by atoms with Crippen molar-refractivity contribution in [1.29, 1.82) is 0 Å². The fraction of sp³-hybridized carbons (Fsp3) is 0.435. The molecule has 0 unspecified atom stereocenters. The molecule has 0 radical (unpaired) electrons. The third-order valence-electron chi connectivity index (χ3n) is 5.06. The molecule has 8 heteroatoms. The van der Waals surface area contributed by atoms with Gasteiger partial charge in [0.05, 0.1) is 19.5 Å². The zero-order valence-corrected chi connectivity index (χ0v) is 17.7. The summed E-state index contributed by atoms with van der Waals surface area (Å²) in [4.78, 5) is 33.1. The molecule has 1 fully saturated rings. The lowest BCUT2D eigenvalue weighted by molar-refractivity contribution is -0.132. The number of hydrogen-bond donors (Lipinski definition) is 1. The van der Waals surface area contributed by atoms with Gasteiger partial charge in [-0.1, -0.05) is 0 Å². The average Bonchev–Trinajstić information content (AvgIpc) is 3.32. The molecule has 166 valence electrons. The molecule has 8 nitrogen and oxygen atoms in total. The Balaban J connectivity index is 1.45. The third-order valence-corrected chi connectivity index (χ3v) is 5.06. The van der Waals surface area contributed by atoms with Gasteiger partial charge in [0.25, 0.3) is 0 Å². The lowest BCUT2D eigenvalue weighted by Crippen LogP contribution is -2.39. The minimum Gasteiger partial charge on any atom is -0.465 e. The SMILES string of the molecule is O=C(/C=C/c1ccco1)NCCC(=O)N(CCCN1CCOCC1)Cc1ccncc1. The van der Waals surface area contributed by atoms with Crippen LogP contribution in [0, 0.1) is 0 Å². The smallest absolute Gasteiger partial charge is 0.244 e. The lowest BCUT2D eigenvalue weighted by Gasteiger charge is -2.28. The Kier molecular flexibility index (Phi) is 9.28. The summed E-state index contributed by atoms with van der Waals surface area (Å²) in [5.41, 5.74) is 1.04. The second kappa shape index (κ2) is 12.7. The van der Waals surface area contributed by atoms with Gasteiger partial charge in [-0.2, -0.15) is 0 Å². The van der Waals surface area contributed by atoms with Crippen molar-refractivity contribution >= 4 is 17.9 Å². The average molecular weight is 427 g/mol. The van der Waals surface area contributed by atoms with Crippen LogP contribution in [0.15, 0.2) is 53.4 Å². The molecule has 1 N–H and O–H groups in total. The molecule has 0 bridgehead atoms. The number of nitrogens with zero attached hydrogens (tertiary/aromatic N) is 3. The minimum atomic E-state index is -0.253. The molecule has 0 aromatic carbocycles. The van der Waals surface area contributed by atoms with Crippen LogP contribution < -0.4 is 5.32 Å². The van der Waals surface area contributed by atoms with E-state index in [1.807, 2.05) is 17.0 Å². The summed E-state index contributed by atoms with van der Waals surface area (Å²) in [5.74, 6) is 0.376. The van der Waals surface area contributed by atoms with Gasteiger partial charge in [-0.15, -0.1) is 0 Å². The van der Waals surface area contributed by atoms with E-state index in [-0.39, 0.29) is 24.8 Å². The summed E-state index contributed by atoms with van der Waals surface area (Å²) in [7, 11) is 0. The second-order valence-electron chi connectivity index (χ2n) is 7.37. The van der Waals surface area contributed by atoms with Crippen molar-refractivity contribution in [3.05, 3.63) is 60.3 Å². The lowest BCUT2D eigenvalue weighted by atomic mass is 10.2. The number of carbonyl (C=O) groups is 2. The Morgan fingerprint density at radius 1 is 1.19 bits per heavy atom. The first-order valence-electron chi connectivity index (χ1n) is 10.7. The van der Waals surface area contributed by atoms with Crippen molar-refractivity contribution in [3.8, 4) is 0 Å². The van der Waals surface area contributed by atoms with E-state index in [9.17, 15) is 9.59 Å². The number of morpholine rings is 1. The Morgan fingerprint density at radius 3 is 2.74 bits per heavy atom. The number of carbonyl (C=O) groups excluding carboxylic acids is 2. The Labute approximate surface area is 182 Å². The molecule has 0 atom stereocenters. The molecule has 3 rings (SSSR count). The van der Waals surface area contributed by atoms with Crippen molar-refractivity contribution < 1.29 is 18.7 Å². The monoisotopic (exact) mass is 426 g/mol. The highest BCUT2D eigenvalue weighted by Crippen LogP contribution is 2.08. The van der Waals surface area contributed by atoms with E-state index in [1.54, 1.807) is 36.9 Å². The van der Waals surface area contributed by atoms with Crippen LogP contribution in [0.5, 0.6) is 0 Å². The minimum absolute atomic E-state index is 0.0223. The second-order valence-corrected chi connectivity index (χ2v) is 7.37. The van der Waals surface area contributed by atoms with Gasteiger partial charge >= 0.3 is 0 Å². The summed E-state index contributed by atoms with van der Waals surface area (Å²) in [6.45, 7) is 5.86. The molecule has 1 saturated heterocycles. The Hall–Kier alpha value is -2.97. The molecule has 0 spiro atoms. The first-order valence-corrected chi connectivity index (χ1v) is 10.7. The standard InChI is InChI=1S/C23H30N4O4/c28-22(5-4-21-3-1-16-31-21)25-11-8-23(29)27(19-20-6-9-24-10-7-20)13-2-12-26-14-17-30-18-15-26/h1,3-7,9-10,16H,2,8,11-15,17-19H2,(H,25,28)/b5-4+. The molecule has 2 amide bonds. The highest BCUT2D eigenvalue weighted by atomic mass is 16.5. The van der Waals surface area contributed by atoms with Crippen molar-refractivity contribution in [2.45, 2.75) is 19.4 Å². The van der Waals surface area contributed by atoms with Crippen LogP contribution in [0.1, 0.15) is 24.2 Å². The van der Waals surface area contributed by atoms with Crippen LogP contribution in [0.3, 0.4) is 0 Å². The molecule has 31 heavy (non-hydrogen) atoms. The first-order chi connectivity index (χ1) is 15.2. The van der Waals surface area contributed by atoms with Crippen LogP contribution in [0.4, 0.5) is 0 Å². The van der Waals surface area contributed by atoms with Gasteiger partial charge < -0.3 is 19.4 Å².